The van der Waals surface area contributed by atoms with Gasteiger partial charge in [0.1, 0.15) is 18.4 Å². The van der Waals surface area contributed by atoms with Crippen molar-refractivity contribution in [1.29, 1.82) is 0 Å². The Hall–Kier alpha value is -3.72. The third-order valence-corrected chi connectivity index (χ3v) is 8.65. The van der Waals surface area contributed by atoms with Gasteiger partial charge < -0.3 is 10.2 Å². The molecule has 0 spiro atoms. The molecule has 3 aromatic carbocycles. The Kier molecular flexibility index (Phi) is 10.5. The van der Waals surface area contributed by atoms with Crippen LogP contribution >= 0.6 is 0 Å². The first-order chi connectivity index (χ1) is 19.0. The number of hydrogen-bond acceptors (Lipinski definition) is 4. The molecule has 0 heterocycles. The number of halogens is 1. The lowest BCUT2D eigenvalue weighted by Crippen LogP contribution is -2.53. The standard InChI is InChI=1S/C31H38FN3O4S/c1-6-24(5)33-31(37)29(7-2)34(20-25-12-14-26(32)15-13-25)30(36)21-35(27-16-8-22(3)9-17-27)40(38,39)28-18-10-23(4)11-19-28/h8-19,24,29H,6-7,20-21H2,1-5H3,(H,33,37)/t24-,29-/m0/s1. The van der Waals surface area contributed by atoms with Crippen LogP contribution in [0.15, 0.2) is 77.7 Å². The molecule has 7 nitrogen and oxygen atoms in total. The van der Waals surface area contributed by atoms with Crippen LogP contribution in [0.5, 0.6) is 0 Å². The van der Waals surface area contributed by atoms with Gasteiger partial charge in [0.05, 0.1) is 10.6 Å². The number of carbonyl (C=O) groups is 2. The second kappa shape index (κ2) is 13.6. The summed E-state index contributed by atoms with van der Waals surface area (Å²) in [6.07, 6.45) is 1.02. The molecule has 0 aliphatic heterocycles. The van der Waals surface area contributed by atoms with Gasteiger partial charge in [-0.25, -0.2) is 12.8 Å². The van der Waals surface area contributed by atoms with Crippen molar-refractivity contribution in [2.75, 3.05) is 10.8 Å². The maximum atomic E-state index is 14.0. The van der Waals surface area contributed by atoms with E-state index in [2.05, 4.69) is 5.32 Å². The van der Waals surface area contributed by atoms with Gasteiger partial charge in [-0.2, -0.15) is 0 Å². The van der Waals surface area contributed by atoms with Crippen molar-refractivity contribution in [3.05, 3.63) is 95.3 Å². The molecular formula is C31H38FN3O4S. The predicted molar refractivity (Wildman–Crippen MR) is 156 cm³/mol. The molecule has 0 saturated heterocycles. The monoisotopic (exact) mass is 567 g/mol. The highest BCUT2D eigenvalue weighted by atomic mass is 32.2. The Morgan fingerprint density at radius 2 is 1.40 bits per heavy atom. The van der Waals surface area contributed by atoms with Crippen LogP contribution in [0.3, 0.4) is 0 Å². The van der Waals surface area contributed by atoms with Gasteiger partial charge in [0, 0.05) is 12.6 Å². The van der Waals surface area contributed by atoms with Crippen LogP contribution in [0.25, 0.3) is 0 Å². The smallest absolute Gasteiger partial charge is 0.264 e. The number of nitrogens with one attached hydrogen (secondary N) is 1. The summed E-state index contributed by atoms with van der Waals surface area (Å²) in [5.41, 5.74) is 2.79. The molecule has 0 unspecified atom stereocenters. The quantitative estimate of drug-likeness (QED) is 0.319. The van der Waals surface area contributed by atoms with Crippen molar-refractivity contribution in [2.24, 2.45) is 0 Å². The minimum atomic E-state index is -4.13. The minimum absolute atomic E-state index is 0.0118. The molecule has 0 bridgehead atoms. The summed E-state index contributed by atoms with van der Waals surface area (Å²) in [5, 5.41) is 2.94. The van der Waals surface area contributed by atoms with E-state index >= 15 is 0 Å². The molecule has 0 aliphatic carbocycles. The Morgan fingerprint density at radius 3 is 1.93 bits per heavy atom. The van der Waals surface area contributed by atoms with E-state index in [9.17, 15) is 22.4 Å². The molecular weight excluding hydrogens is 529 g/mol. The normalized spacial score (nSPS) is 12.8. The fourth-order valence-electron chi connectivity index (χ4n) is 4.22. The molecule has 2 atom stereocenters. The highest BCUT2D eigenvalue weighted by Crippen LogP contribution is 2.25. The lowest BCUT2D eigenvalue weighted by molar-refractivity contribution is -0.140. The third kappa shape index (κ3) is 7.69. The summed E-state index contributed by atoms with van der Waals surface area (Å²) < 4.78 is 42.4. The molecule has 3 aromatic rings. The van der Waals surface area contributed by atoms with E-state index in [1.807, 2.05) is 27.7 Å². The average molecular weight is 568 g/mol. The van der Waals surface area contributed by atoms with Crippen LogP contribution in [0, 0.1) is 19.7 Å². The summed E-state index contributed by atoms with van der Waals surface area (Å²) in [6.45, 7) is 8.87. The Balaban J connectivity index is 2.04. The number of anilines is 1. The van der Waals surface area contributed by atoms with Crippen molar-refractivity contribution in [1.82, 2.24) is 10.2 Å². The van der Waals surface area contributed by atoms with E-state index < -0.39 is 34.3 Å². The lowest BCUT2D eigenvalue weighted by atomic mass is 10.1. The third-order valence-electron chi connectivity index (χ3n) is 6.86. The molecule has 40 heavy (non-hydrogen) atoms. The van der Waals surface area contributed by atoms with Crippen LogP contribution in [-0.2, 0) is 26.2 Å². The molecule has 1 N–H and O–H groups in total. The first-order valence-electron chi connectivity index (χ1n) is 13.5. The van der Waals surface area contributed by atoms with Crippen molar-refractivity contribution in [3.8, 4) is 0 Å². The average Bonchev–Trinajstić information content (AvgIpc) is 2.93. The number of amides is 2. The maximum absolute atomic E-state index is 14.0. The van der Waals surface area contributed by atoms with E-state index in [4.69, 9.17) is 0 Å². The fourth-order valence-corrected chi connectivity index (χ4v) is 5.64. The maximum Gasteiger partial charge on any atom is 0.264 e. The second-order valence-electron chi connectivity index (χ2n) is 10.1. The molecule has 9 heteroatoms. The summed E-state index contributed by atoms with van der Waals surface area (Å²) in [4.78, 5) is 28.7. The predicted octanol–water partition coefficient (Wildman–Crippen LogP) is 5.36. The molecule has 3 rings (SSSR count). The molecule has 214 valence electrons. The van der Waals surface area contributed by atoms with Gasteiger partial charge in [0.15, 0.2) is 0 Å². The van der Waals surface area contributed by atoms with Gasteiger partial charge in [-0.1, -0.05) is 61.4 Å². The zero-order valence-electron chi connectivity index (χ0n) is 23.7. The molecule has 0 fully saturated rings. The number of rotatable bonds is 12. The zero-order valence-corrected chi connectivity index (χ0v) is 24.5. The molecule has 2 amide bonds. The molecule has 0 aliphatic rings. The van der Waals surface area contributed by atoms with Gasteiger partial charge in [-0.05, 0) is 75.6 Å². The van der Waals surface area contributed by atoms with Crippen LogP contribution < -0.4 is 9.62 Å². The minimum Gasteiger partial charge on any atom is -0.352 e. The largest absolute Gasteiger partial charge is 0.352 e. The van der Waals surface area contributed by atoms with Gasteiger partial charge in [-0.15, -0.1) is 0 Å². The van der Waals surface area contributed by atoms with Crippen LogP contribution in [0.4, 0.5) is 10.1 Å². The molecule has 0 saturated carbocycles. The Bertz CT molecular complexity index is 1390. The second-order valence-corrected chi connectivity index (χ2v) is 11.9. The molecule has 0 aromatic heterocycles. The summed E-state index contributed by atoms with van der Waals surface area (Å²) in [5.74, 6) is -1.29. The van der Waals surface area contributed by atoms with Gasteiger partial charge in [-0.3, -0.25) is 13.9 Å². The van der Waals surface area contributed by atoms with Crippen molar-refractivity contribution < 1.29 is 22.4 Å². The van der Waals surface area contributed by atoms with E-state index in [0.29, 0.717) is 24.1 Å². The number of aryl methyl sites for hydroxylation is 2. The van der Waals surface area contributed by atoms with E-state index in [1.165, 1.54) is 29.2 Å². The number of benzene rings is 3. The summed E-state index contributed by atoms with van der Waals surface area (Å²) in [7, 11) is -4.13. The summed E-state index contributed by atoms with van der Waals surface area (Å²) >= 11 is 0. The van der Waals surface area contributed by atoms with E-state index in [1.54, 1.807) is 55.5 Å². The highest BCUT2D eigenvalue weighted by molar-refractivity contribution is 7.92. The van der Waals surface area contributed by atoms with Crippen LogP contribution in [0.1, 0.15) is 50.3 Å². The Morgan fingerprint density at radius 1 is 0.850 bits per heavy atom. The fraction of sp³-hybridized carbons (Fsp3) is 0.355. The van der Waals surface area contributed by atoms with Crippen molar-refractivity contribution in [3.63, 3.8) is 0 Å². The molecule has 0 radical (unpaired) electrons. The van der Waals surface area contributed by atoms with Crippen LogP contribution in [-0.4, -0.2) is 43.8 Å². The number of hydrogen-bond donors (Lipinski definition) is 1. The highest BCUT2D eigenvalue weighted by Gasteiger charge is 2.34. The number of carbonyl (C=O) groups excluding carboxylic acids is 2. The first kappa shape index (κ1) is 30.8. The van der Waals surface area contributed by atoms with Crippen molar-refractivity contribution >= 4 is 27.5 Å². The lowest BCUT2D eigenvalue weighted by Gasteiger charge is -2.33. The number of nitrogens with zero attached hydrogens (tertiary/aromatic N) is 2. The zero-order chi connectivity index (χ0) is 29.4. The van der Waals surface area contributed by atoms with Crippen molar-refractivity contribution in [2.45, 2.75) is 71.0 Å². The van der Waals surface area contributed by atoms with Gasteiger partial charge in [0.25, 0.3) is 10.0 Å². The van der Waals surface area contributed by atoms with Gasteiger partial charge in [0.2, 0.25) is 11.8 Å². The van der Waals surface area contributed by atoms with E-state index in [0.717, 1.165) is 15.4 Å². The van der Waals surface area contributed by atoms with Crippen LogP contribution in [0.2, 0.25) is 0 Å². The SMILES string of the molecule is CC[C@H](C)NC(=O)[C@H](CC)N(Cc1ccc(F)cc1)C(=O)CN(c1ccc(C)cc1)S(=O)(=O)c1ccc(C)cc1. The number of sulfonamides is 1. The first-order valence-corrected chi connectivity index (χ1v) is 14.9. The Labute approximate surface area is 237 Å². The topological polar surface area (TPSA) is 86.8 Å². The van der Waals surface area contributed by atoms with E-state index in [-0.39, 0.29) is 23.4 Å². The summed E-state index contributed by atoms with van der Waals surface area (Å²) in [6, 6.07) is 18.0. The van der Waals surface area contributed by atoms with Gasteiger partial charge >= 0.3 is 0 Å².